The van der Waals surface area contributed by atoms with Gasteiger partial charge >= 0.3 is 0 Å². The molecule has 0 aliphatic heterocycles. The average molecular weight is 199 g/mol. The fraction of sp³-hybridized carbons (Fsp3) is 0.400. The van der Waals surface area contributed by atoms with Gasteiger partial charge in [-0.15, -0.1) is 0 Å². The predicted octanol–water partition coefficient (Wildman–Crippen LogP) is 1.49. The Morgan fingerprint density at radius 2 is 1.71 bits per heavy atom. The van der Waals surface area contributed by atoms with Gasteiger partial charge in [-0.3, -0.25) is 0 Å². The first-order valence-corrected chi connectivity index (χ1v) is 4.45. The normalized spacial score (nSPS) is 20.6. The van der Waals surface area contributed by atoms with Crippen LogP contribution in [0.25, 0.3) is 0 Å². The fourth-order valence-electron chi connectivity index (χ4n) is 1.50. The molecule has 0 amide bonds. The van der Waals surface area contributed by atoms with E-state index in [0.717, 1.165) is 18.2 Å². The van der Waals surface area contributed by atoms with Crippen LogP contribution in [0.15, 0.2) is 18.2 Å². The van der Waals surface area contributed by atoms with Crippen LogP contribution < -0.4 is 5.73 Å². The Balaban J connectivity index is 2.31. The average Bonchev–Trinajstić information content (AvgIpc) is 2.82. The molecular weight excluding hydrogens is 188 g/mol. The first-order chi connectivity index (χ1) is 6.51. The van der Waals surface area contributed by atoms with Gasteiger partial charge in [0.15, 0.2) is 0 Å². The van der Waals surface area contributed by atoms with Gasteiger partial charge < -0.3 is 10.8 Å². The van der Waals surface area contributed by atoms with Crippen LogP contribution in [-0.2, 0) is 0 Å². The second-order valence-corrected chi connectivity index (χ2v) is 3.78. The molecular formula is C10H11F2NO. The largest absolute Gasteiger partial charge is 0.388 e. The molecule has 2 nitrogen and oxygen atoms in total. The quantitative estimate of drug-likeness (QED) is 0.758. The Hall–Kier alpha value is -1.00. The van der Waals surface area contributed by atoms with Gasteiger partial charge in [-0.25, -0.2) is 8.78 Å². The van der Waals surface area contributed by atoms with Gasteiger partial charge in [-0.2, -0.15) is 0 Å². The zero-order chi connectivity index (χ0) is 10.3. The van der Waals surface area contributed by atoms with Crippen molar-refractivity contribution in [2.45, 2.75) is 24.5 Å². The summed E-state index contributed by atoms with van der Waals surface area (Å²) < 4.78 is 25.6. The van der Waals surface area contributed by atoms with E-state index >= 15 is 0 Å². The number of hydrogen-bond donors (Lipinski definition) is 2. The van der Waals surface area contributed by atoms with Crippen LogP contribution in [0.4, 0.5) is 8.78 Å². The summed E-state index contributed by atoms with van der Waals surface area (Å²) in [5.41, 5.74) is 5.04. The smallest absolute Gasteiger partial charge is 0.126 e. The number of rotatable bonds is 2. The highest BCUT2D eigenvalue weighted by atomic mass is 19.1. The highest BCUT2D eigenvalue weighted by Gasteiger charge is 2.46. The van der Waals surface area contributed by atoms with Gasteiger partial charge in [0, 0.05) is 6.07 Å². The molecule has 0 spiro atoms. The molecule has 1 fully saturated rings. The van der Waals surface area contributed by atoms with Gasteiger partial charge in [0.05, 0.1) is 11.6 Å². The number of aliphatic hydroxyl groups is 1. The Labute approximate surface area is 80.4 Å². The lowest BCUT2D eigenvalue weighted by molar-refractivity contribution is 0.119. The maximum Gasteiger partial charge on any atom is 0.126 e. The van der Waals surface area contributed by atoms with Crippen molar-refractivity contribution >= 4 is 0 Å². The summed E-state index contributed by atoms with van der Waals surface area (Å²) in [5.74, 6) is -1.33. The summed E-state index contributed by atoms with van der Waals surface area (Å²) in [5, 5.41) is 9.66. The first kappa shape index (κ1) is 9.55. The summed E-state index contributed by atoms with van der Waals surface area (Å²) in [6.45, 7) is 0. The molecule has 76 valence electrons. The van der Waals surface area contributed by atoms with Gasteiger partial charge in [0.25, 0.3) is 0 Å². The molecule has 2 rings (SSSR count). The van der Waals surface area contributed by atoms with Crippen LogP contribution in [-0.4, -0.2) is 10.7 Å². The van der Waals surface area contributed by atoms with E-state index in [2.05, 4.69) is 0 Å². The van der Waals surface area contributed by atoms with Crippen molar-refractivity contribution in [1.82, 2.24) is 0 Å². The molecule has 0 radical (unpaired) electrons. The number of nitrogens with two attached hydrogens (primary N) is 1. The molecule has 1 aliphatic rings. The van der Waals surface area contributed by atoms with Crippen LogP contribution >= 0.6 is 0 Å². The van der Waals surface area contributed by atoms with Crippen molar-refractivity contribution in [3.8, 4) is 0 Å². The Morgan fingerprint density at radius 1 is 1.21 bits per heavy atom. The molecule has 1 aliphatic carbocycles. The number of benzene rings is 1. The second-order valence-electron chi connectivity index (χ2n) is 3.78. The third-order valence-corrected chi connectivity index (χ3v) is 2.59. The number of hydrogen-bond acceptors (Lipinski definition) is 2. The molecule has 14 heavy (non-hydrogen) atoms. The molecule has 0 bridgehead atoms. The Morgan fingerprint density at radius 3 is 2.14 bits per heavy atom. The summed E-state index contributed by atoms with van der Waals surface area (Å²) in [4.78, 5) is 0. The molecule has 4 heteroatoms. The van der Waals surface area contributed by atoms with Gasteiger partial charge in [-0.1, -0.05) is 0 Å². The molecule has 0 saturated heterocycles. The first-order valence-electron chi connectivity index (χ1n) is 4.45. The molecule has 1 aromatic carbocycles. The third kappa shape index (κ3) is 1.63. The monoisotopic (exact) mass is 199 g/mol. The molecule has 0 heterocycles. The van der Waals surface area contributed by atoms with Crippen LogP contribution in [0, 0.1) is 11.6 Å². The van der Waals surface area contributed by atoms with E-state index in [1.165, 1.54) is 0 Å². The standard InChI is InChI=1S/C10H11F2NO/c11-7-3-6(4-8(12)5-7)9(13)10(14)1-2-10/h3-5,9,14H,1-2,13H2. The van der Waals surface area contributed by atoms with Crippen molar-refractivity contribution < 1.29 is 13.9 Å². The van der Waals surface area contributed by atoms with E-state index in [-0.39, 0.29) is 0 Å². The lowest BCUT2D eigenvalue weighted by Gasteiger charge is -2.18. The van der Waals surface area contributed by atoms with Gasteiger partial charge in [0.1, 0.15) is 11.6 Å². The zero-order valence-corrected chi connectivity index (χ0v) is 7.50. The molecule has 1 aromatic rings. The second kappa shape index (κ2) is 3.00. The fourth-order valence-corrected chi connectivity index (χ4v) is 1.50. The van der Waals surface area contributed by atoms with Gasteiger partial charge in [0.2, 0.25) is 0 Å². The number of halogens is 2. The maximum atomic E-state index is 12.8. The van der Waals surface area contributed by atoms with E-state index in [1.807, 2.05) is 0 Å². The SMILES string of the molecule is NC(c1cc(F)cc(F)c1)C1(O)CC1. The van der Waals surface area contributed by atoms with Crippen LogP contribution in [0.5, 0.6) is 0 Å². The Kier molecular flexibility index (Phi) is 2.05. The van der Waals surface area contributed by atoms with E-state index in [4.69, 9.17) is 5.73 Å². The maximum absolute atomic E-state index is 12.8. The van der Waals surface area contributed by atoms with Crippen LogP contribution in [0.3, 0.4) is 0 Å². The van der Waals surface area contributed by atoms with Gasteiger partial charge in [-0.05, 0) is 30.5 Å². The molecule has 1 atom stereocenters. The zero-order valence-electron chi connectivity index (χ0n) is 7.50. The summed E-state index contributed by atoms with van der Waals surface area (Å²) >= 11 is 0. The lowest BCUT2D eigenvalue weighted by atomic mass is 10.0. The molecule has 1 saturated carbocycles. The lowest BCUT2D eigenvalue weighted by Crippen LogP contribution is -2.27. The van der Waals surface area contributed by atoms with Crippen LogP contribution in [0.2, 0.25) is 0 Å². The molecule has 3 N–H and O–H groups in total. The summed E-state index contributed by atoms with van der Waals surface area (Å²) in [6.07, 6.45) is 1.18. The summed E-state index contributed by atoms with van der Waals surface area (Å²) in [6, 6.07) is 2.40. The van der Waals surface area contributed by atoms with Crippen molar-refractivity contribution in [3.05, 3.63) is 35.4 Å². The predicted molar refractivity (Wildman–Crippen MR) is 47.5 cm³/mol. The van der Waals surface area contributed by atoms with Crippen LogP contribution in [0.1, 0.15) is 24.4 Å². The third-order valence-electron chi connectivity index (χ3n) is 2.59. The van der Waals surface area contributed by atoms with Crippen molar-refractivity contribution in [2.24, 2.45) is 5.73 Å². The van der Waals surface area contributed by atoms with E-state index in [9.17, 15) is 13.9 Å². The summed E-state index contributed by atoms with van der Waals surface area (Å²) in [7, 11) is 0. The minimum absolute atomic E-state index is 0.308. The Bertz CT molecular complexity index is 343. The topological polar surface area (TPSA) is 46.2 Å². The van der Waals surface area contributed by atoms with Crippen molar-refractivity contribution in [1.29, 1.82) is 0 Å². The molecule has 1 unspecified atom stereocenters. The van der Waals surface area contributed by atoms with E-state index in [1.54, 1.807) is 0 Å². The van der Waals surface area contributed by atoms with Crippen molar-refractivity contribution in [3.63, 3.8) is 0 Å². The highest BCUT2D eigenvalue weighted by molar-refractivity contribution is 5.26. The molecule has 0 aromatic heterocycles. The van der Waals surface area contributed by atoms with E-state index < -0.39 is 23.3 Å². The minimum atomic E-state index is -0.958. The van der Waals surface area contributed by atoms with E-state index in [0.29, 0.717) is 18.4 Å². The minimum Gasteiger partial charge on any atom is -0.388 e. The van der Waals surface area contributed by atoms with Crippen molar-refractivity contribution in [2.75, 3.05) is 0 Å². The highest BCUT2D eigenvalue weighted by Crippen LogP contribution is 2.44.